The molecule has 3 aromatic rings. The van der Waals surface area contributed by atoms with Gasteiger partial charge in [0.25, 0.3) is 5.56 Å². The van der Waals surface area contributed by atoms with Gasteiger partial charge in [0.1, 0.15) is 0 Å². The minimum Gasteiger partial charge on any atom is -0.368 e. The number of likely N-dealkylation sites (N-methyl/N-ethyl adjacent to an activating group) is 1. The predicted octanol–water partition coefficient (Wildman–Crippen LogP) is 0.860. The Hall–Kier alpha value is -3.15. The van der Waals surface area contributed by atoms with Gasteiger partial charge in [-0.25, -0.2) is 13.2 Å². The average molecular weight is 520 g/mol. The molecule has 0 bridgehead atoms. The zero-order valence-electron chi connectivity index (χ0n) is 19.6. The number of benzene rings is 2. The van der Waals surface area contributed by atoms with Crippen molar-refractivity contribution >= 4 is 44.1 Å². The number of anilines is 1. The second-order valence-corrected chi connectivity index (χ2v) is 11.0. The second kappa shape index (κ2) is 9.48. The maximum atomic E-state index is 13.2. The number of carbonyl (C=O) groups excluding carboxylic acids is 1. The highest BCUT2D eigenvalue weighted by Crippen LogP contribution is 2.22. The lowest BCUT2D eigenvalue weighted by molar-refractivity contribution is -0.131. The summed E-state index contributed by atoms with van der Waals surface area (Å²) in [5.41, 5.74) is 0.213. The highest BCUT2D eigenvalue weighted by atomic mass is 35.5. The molecule has 2 heterocycles. The Kier molecular flexibility index (Phi) is 6.76. The quantitative estimate of drug-likeness (QED) is 0.495. The van der Waals surface area contributed by atoms with E-state index in [1.165, 1.54) is 43.9 Å². The first-order valence-electron chi connectivity index (χ1n) is 10.9. The molecule has 1 aromatic heterocycles. The molecule has 0 unspecified atom stereocenters. The van der Waals surface area contributed by atoms with Crippen LogP contribution in [0.5, 0.6) is 0 Å². The van der Waals surface area contributed by atoms with Crippen LogP contribution in [0, 0.1) is 0 Å². The molecule has 1 saturated heterocycles. The van der Waals surface area contributed by atoms with Gasteiger partial charge in [-0.1, -0.05) is 17.7 Å². The number of sulfonamides is 1. The molecule has 10 nitrogen and oxygen atoms in total. The number of hydrogen-bond donors (Lipinski definition) is 0. The van der Waals surface area contributed by atoms with E-state index in [0.717, 1.165) is 14.6 Å². The van der Waals surface area contributed by atoms with E-state index in [2.05, 4.69) is 4.90 Å². The third-order valence-corrected chi connectivity index (χ3v) is 8.34. The molecule has 0 saturated carbocycles. The molecule has 1 fully saturated rings. The molecule has 0 atom stereocenters. The third kappa shape index (κ3) is 4.71. The lowest BCUT2D eigenvalue weighted by Crippen LogP contribution is -2.51. The fraction of sp³-hybridized carbons (Fsp3) is 0.348. The zero-order valence-corrected chi connectivity index (χ0v) is 21.2. The van der Waals surface area contributed by atoms with E-state index < -0.39 is 21.3 Å². The lowest BCUT2D eigenvalue weighted by Gasteiger charge is -2.36. The first-order chi connectivity index (χ1) is 16.5. The number of nitrogens with zero attached hydrogens (tertiary/aromatic N) is 5. The molecule has 12 heteroatoms. The third-order valence-electron chi connectivity index (χ3n) is 6.31. The molecule has 1 amide bonds. The molecule has 0 aliphatic carbocycles. The van der Waals surface area contributed by atoms with Gasteiger partial charge in [0, 0.05) is 58.0 Å². The van der Waals surface area contributed by atoms with Crippen LogP contribution < -0.4 is 16.1 Å². The van der Waals surface area contributed by atoms with Crippen molar-refractivity contribution in [1.82, 2.24) is 18.3 Å². The van der Waals surface area contributed by atoms with Gasteiger partial charge in [-0.3, -0.25) is 18.7 Å². The summed E-state index contributed by atoms with van der Waals surface area (Å²) in [7, 11) is 0.126. The lowest BCUT2D eigenvalue weighted by atomic mass is 10.2. The largest absolute Gasteiger partial charge is 0.368 e. The molecular formula is C23H26ClN5O5S. The first-order valence-corrected chi connectivity index (χ1v) is 12.8. The smallest absolute Gasteiger partial charge is 0.330 e. The Morgan fingerprint density at radius 2 is 1.69 bits per heavy atom. The summed E-state index contributed by atoms with van der Waals surface area (Å²) in [5.74, 6) is -0.305. The van der Waals surface area contributed by atoms with Crippen molar-refractivity contribution in [3.63, 3.8) is 0 Å². The van der Waals surface area contributed by atoms with Crippen molar-refractivity contribution in [3.05, 3.63) is 68.3 Å². The summed E-state index contributed by atoms with van der Waals surface area (Å²) >= 11 is 6.07. The topological polar surface area (TPSA) is 105 Å². The van der Waals surface area contributed by atoms with Gasteiger partial charge in [-0.15, -0.1) is 0 Å². The van der Waals surface area contributed by atoms with Crippen LogP contribution in [0.15, 0.2) is 56.9 Å². The fourth-order valence-electron chi connectivity index (χ4n) is 4.18. The van der Waals surface area contributed by atoms with Crippen LogP contribution >= 0.6 is 11.6 Å². The summed E-state index contributed by atoms with van der Waals surface area (Å²) in [6.07, 6.45) is 0. The summed E-state index contributed by atoms with van der Waals surface area (Å²) in [4.78, 5) is 41.2. The minimum absolute atomic E-state index is 0.104. The highest BCUT2D eigenvalue weighted by molar-refractivity contribution is 7.89. The minimum atomic E-state index is -4.05. The predicted molar refractivity (Wildman–Crippen MR) is 134 cm³/mol. The summed E-state index contributed by atoms with van der Waals surface area (Å²) < 4.78 is 29.5. The molecular weight excluding hydrogens is 494 g/mol. The fourth-order valence-corrected chi connectivity index (χ4v) is 5.51. The zero-order chi connectivity index (χ0) is 25.5. The maximum Gasteiger partial charge on any atom is 0.330 e. The van der Waals surface area contributed by atoms with E-state index in [-0.39, 0.29) is 22.7 Å². The van der Waals surface area contributed by atoms with Gasteiger partial charge in [0.2, 0.25) is 15.9 Å². The molecule has 0 spiro atoms. The monoisotopic (exact) mass is 519 g/mol. The summed E-state index contributed by atoms with van der Waals surface area (Å²) in [5, 5.41) is 0.745. The molecule has 0 radical (unpaired) electrons. The van der Waals surface area contributed by atoms with Gasteiger partial charge >= 0.3 is 5.69 Å². The van der Waals surface area contributed by atoms with E-state index in [9.17, 15) is 22.8 Å². The Labute approximate surface area is 207 Å². The van der Waals surface area contributed by atoms with Crippen LogP contribution in [0.25, 0.3) is 10.9 Å². The number of aromatic nitrogens is 2. The van der Waals surface area contributed by atoms with E-state index in [4.69, 9.17) is 11.6 Å². The van der Waals surface area contributed by atoms with Crippen LogP contribution in [0.2, 0.25) is 5.02 Å². The molecule has 0 N–H and O–H groups in total. The Morgan fingerprint density at radius 1 is 1.00 bits per heavy atom. The van der Waals surface area contributed by atoms with Gasteiger partial charge < -0.3 is 9.80 Å². The summed E-state index contributed by atoms with van der Waals surface area (Å²) in [6, 6.07) is 11.5. The molecule has 2 aromatic carbocycles. The number of carbonyl (C=O) groups is 1. The van der Waals surface area contributed by atoms with E-state index in [0.29, 0.717) is 36.7 Å². The molecule has 1 aliphatic heterocycles. The number of amides is 1. The number of aryl methyl sites for hydroxylation is 1. The van der Waals surface area contributed by atoms with E-state index in [1.54, 1.807) is 11.0 Å². The van der Waals surface area contributed by atoms with E-state index in [1.807, 2.05) is 18.2 Å². The van der Waals surface area contributed by atoms with Crippen LogP contribution in [-0.2, 0) is 28.9 Å². The standard InChI is InChI=1S/C23H26ClN5O5S/c1-25(15-21(30)29-11-9-28(10-12-29)17-6-4-5-16(24)13-17)35(33,34)18-7-8-20-19(14-18)22(31)27(3)23(32)26(20)2/h4-8,13-14H,9-12,15H2,1-3H3. The van der Waals surface area contributed by atoms with Crippen molar-refractivity contribution in [2.75, 3.05) is 44.7 Å². The van der Waals surface area contributed by atoms with Gasteiger partial charge in [0.05, 0.1) is 22.3 Å². The van der Waals surface area contributed by atoms with Crippen LogP contribution in [0.4, 0.5) is 5.69 Å². The van der Waals surface area contributed by atoms with E-state index >= 15 is 0 Å². The van der Waals surface area contributed by atoms with Crippen molar-refractivity contribution in [1.29, 1.82) is 0 Å². The SMILES string of the molecule is CN(CC(=O)N1CCN(c2cccc(Cl)c2)CC1)S(=O)(=O)c1ccc2c(c1)c(=O)n(C)c(=O)n2C. The maximum absolute atomic E-state index is 13.2. The Balaban J connectivity index is 1.48. The van der Waals surface area contributed by atoms with Gasteiger partial charge in [0.15, 0.2) is 0 Å². The highest BCUT2D eigenvalue weighted by Gasteiger charge is 2.28. The van der Waals surface area contributed by atoms with Crippen LogP contribution in [0.3, 0.4) is 0 Å². The summed E-state index contributed by atoms with van der Waals surface area (Å²) in [6.45, 7) is 1.80. The number of hydrogen-bond acceptors (Lipinski definition) is 6. The van der Waals surface area contributed by atoms with Crippen molar-refractivity contribution < 1.29 is 13.2 Å². The normalized spacial score (nSPS) is 14.7. The number of halogens is 1. The molecule has 4 rings (SSSR count). The molecule has 35 heavy (non-hydrogen) atoms. The van der Waals surface area contributed by atoms with Gasteiger partial charge in [-0.05, 0) is 36.4 Å². The van der Waals surface area contributed by atoms with Crippen molar-refractivity contribution in [2.24, 2.45) is 14.1 Å². The molecule has 1 aliphatic rings. The Bertz CT molecular complexity index is 1520. The first kappa shape index (κ1) is 25.0. The Morgan fingerprint density at radius 3 is 2.34 bits per heavy atom. The number of piperazine rings is 1. The van der Waals surface area contributed by atoms with Crippen LogP contribution in [-0.4, -0.2) is 72.4 Å². The average Bonchev–Trinajstić information content (AvgIpc) is 2.85. The van der Waals surface area contributed by atoms with Crippen molar-refractivity contribution in [2.45, 2.75) is 4.90 Å². The molecule has 186 valence electrons. The van der Waals surface area contributed by atoms with Crippen LogP contribution in [0.1, 0.15) is 0 Å². The van der Waals surface area contributed by atoms with Crippen molar-refractivity contribution in [3.8, 4) is 0 Å². The second-order valence-electron chi connectivity index (χ2n) is 8.49. The number of fused-ring (bicyclic) bond motifs is 1. The number of rotatable bonds is 5. The van der Waals surface area contributed by atoms with Gasteiger partial charge in [-0.2, -0.15) is 4.31 Å².